The summed E-state index contributed by atoms with van der Waals surface area (Å²) in [4.78, 5) is 17.6. The topological polar surface area (TPSA) is 79.9 Å². The lowest BCUT2D eigenvalue weighted by molar-refractivity contribution is -0.123. The highest BCUT2D eigenvalue weighted by Crippen LogP contribution is 2.08. The van der Waals surface area contributed by atoms with E-state index >= 15 is 0 Å². The van der Waals surface area contributed by atoms with Crippen molar-refractivity contribution in [2.75, 3.05) is 32.8 Å². The molecule has 17 heavy (non-hydrogen) atoms. The molecule has 1 unspecified atom stereocenters. The zero-order valence-electron chi connectivity index (χ0n) is 10.0. The SMILES string of the molecule is NC(=NCC1CCCC(=O)N1)N1CCOCC1. The van der Waals surface area contributed by atoms with Crippen molar-refractivity contribution in [1.82, 2.24) is 10.2 Å². The van der Waals surface area contributed by atoms with E-state index in [0.29, 0.717) is 32.1 Å². The lowest BCUT2D eigenvalue weighted by atomic mass is 10.0. The molecule has 1 atom stereocenters. The molecule has 1 amide bonds. The Kier molecular flexibility index (Phi) is 4.19. The van der Waals surface area contributed by atoms with E-state index in [2.05, 4.69) is 10.3 Å². The molecule has 0 bridgehead atoms. The van der Waals surface area contributed by atoms with E-state index in [1.807, 2.05) is 4.90 Å². The number of nitrogens with one attached hydrogen (secondary N) is 1. The van der Waals surface area contributed by atoms with Crippen molar-refractivity contribution in [2.24, 2.45) is 10.7 Å². The summed E-state index contributed by atoms with van der Waals surface area (Å²) in [5.74, 6) is 0.689. The van der Waals surface area contributed by atoms with Crippen LogP contribution in [0.4, 0.5) is 0 Å². The molecule has 6 nitrogen and oxygen atoms in total. The summed E-state index contributed by atoms with van der Waals surface area (Å²) in [6.07, 6.45) is 2.58. The fraction of sp³-hybridized carbons (Fsp3) is 0.818. The summed E-state index contributed by atoms with van der Waals surface area (Å²) in [6, 6.07) is 0.149. The van der Waals surface area contributed by atoms with Crippen LogP contribution in [0.5, 0.6) is 0 Å². The van der Waals surface area contributed by atoms with Gasteiger partial charge in [0, 0.05) is 25.6 Å². The van der Waals surface area contributed by atoms with Crippen molar-refractivity contribution in [3.05, 3.63) is 0 Å². The van der Waals surface area contributed by atoms with Crippen LogP contribution < -0.4 is 11.1 Å². The summed E-state index contributed by atoms with van der Waals surface area (Å²) in [5.41, 5.74) is 5.91. The van der Waals surface area contributed by atoms with Gasteiger partial charge in [0.2, 0.25) is 5.91 Å². The maximum Gasteiger partial charge on any atom is 0.220 e. The Morgan fingerprint density at radius 3 is 3.00 bits per heavy atom. The maximum atomic E-state index is 11.2. The molecule has 0 saturated carbocycles. The van der Waals surface area contributed by atoms with Gasteiger partial charge in [-0.25, -0.2) is 0 Å². The molecule has 0 aliphatic carbocycles. The molecule has 2 heterocycles. The zero-order chi connectivity index (χ0) is 12.1. The van der Waals surface area contributed by atoms with Gasteiger partial charge in [-0.15, -0.1) is 0 Å². The second-order valence-corrected chi connectivity index (χ2v) is 4.45. The van der Waals surface area contributed by atoms with Crippen molar-refractivity contribution in [1.29, 1.82) is 0 Å². The third-order valence-corrected chi connectivity index (χ3v) is 3.13. The Morgan fingerprint density at radius 1 is 1.53 bits per heavy atom. The molecule has 2 aliphatic rings. The summed E-state index contributed by atoms with van der Waals surface area (Å²) in [6.45, 7) is 3.58. The summed E-state index contributed by atoms with van der Waals surface area (Å²) < 4.78 is 5.25. The number of guanidine groups is 1. The van der Waals surface area contributed by atoms with Crippen molar-refractivity contribution in [2.45, 2.75) is 25.3 Å². The number of nitrogens with zero attached hydrogens (tertiary/aromatic N) is 2. The molecule has 2 aliphatic heterocycles. The highest BCUT2D eigenvalue weighted by Gasteiger charge is 2.18. The van der Waals surface area contributed by atoms with E-state index in [1.165, 1.54) is 0 Å². The first-order valence-corrected chi connectivity index (χ1v) is 6.17. The fourth-order valence-corrected chi connectivity index (χ4v) is 2.11. The minimum Gasteiger partial charge on any atom is -0.378 e. The van der Waals surface area contributed by atoms with E-state index < -0.39 is 0 Å². The van der Waals surface area contributed by atoms with E-state index in [4.69, 9.17) is 10.5 Å². The minimum absolute atomic E-state index is 0.126. The predicted molar refractivity (Wildman–Crippen MR) is 64.7 cm³/mol. The largest absolute Gasteiger partial charge is 0.378 e. The van der Waals surface area contributed by atoms with Crippen LogP contribution in [-0.4, -0.2) is 55.7 Å². The summed E-state index contributed by atoms with van der Waals surface area (Å²) in [5, 5.41) is 2.93. The molecule has 2 fully saturated rings. The van der Waals surface area contributed by atoms with Crippen LogP contribution in [0.1, 0.15) is 19.3 Å². The lowest BCUT2D eigenvalue weighted by Crippen LogP contribution is -2.46. The Hall–Kier alpha value is -1.30. The van der Waals surface area contributed by atoms with Gasteiger partial charge in [0.05, 0.1) is 19.8 Å². The first-order chi connectivity index (χ1) is 8.25. The third kappa shape index (κ3) is 3.59. The first kappa shape index (κ1) is 12.2. The Labute approximate surface area is 101 Å². The number of morpholine rings is 1. The van der Waals surface area contributed by atoms with Crippen LogP contribution in [0.3, 0.4) is 0 Å². The molecule has 6 heteroatoms. The van der Waals surface area contributed by atoms with Gasteiger partial charge >= 0.3 is 0 Å². The van der Waals surface area contributed by atoms with Crippen molar-refractivity contribution < 1.29 is 9.53 Å². The Bertz CT molecular complexity index is 300. The molecule has 2 saturated heterocycles. The van der Waals surface area contributed by atoms with E-state index in [0.717, 1.165) is 25.9 Å². The Morgan fingerprint density at radius 2 is 2.29 bits per heavy atom. The van der Waals surface area contributed by atoms with E-state index in [1.54, 1.807) is 0 Å². The molecule has 3 N–H and O–H groups in total. The van der Waals surface area contributed by atoms with E-state index in [9.17, 15) is 4.79 Å². The molecule has 2 rings (SSSR count). The number of carbonyl (C=O) groups is 1. The fourth-order valence-electron chi connectivity index (χ4n) is 2.11. The summed E-state index contributed by atoms with van der Waals surface area (Å²) >= 11 is 0. The average molecular weight is 240 g/mol. The number of hydrogen-bond acceptors (Lipinski definition) is 3. The minimum atomic E-state index is 0.126. The quantitative estimate of drug-likeness (QED) is 0.494. The number of piperidine rings is 1. The normalized spacial score (nSPS) is 26.8. The monoisotopic (exact) mass is 240 g/mol. The number of ether oxygens (including phenoxy) is 1. The highest BCUT2D eigenvalue weighted by atomic mass is 16.5. The molecule has 0 aromatic heterocycles. The molecule has 0 aromatic carbocycles. The van der Waals surface area contributed by atoms with Gasteiger partial charge in [-0.05, 0) is 12.8 Å². The third-order valence-electron chi connectivity index (χ3n) is 3.13. The van der Waals surface area contributed by atoms with Gasteiger partial charge in [-0.3, -0.25) is 9.79 Å². The molecule has 96 valence electrons. The number of nitrogens with two attached hydrogens (primary N) is 1. The van der Waals surface area contributed by atoms with Gasteiger partial charge < -0.3 is 20.7 Å². The summed E-state index contributed by atoms with van der Waals surface area (Å²) in [7, 11) is 0. The Balaban J connectivity index is 1.79. The van der Waals surface area contributed by atoms with E-state index in [-0.39, 0.29) is 11.9 Å². The van der Waals surface area contributed by atoms with Gasteiger partial charge in [-0.2, -0.15) is 0 Å². The maximum absolute atomic E-state index is 11.2. The van der Waals surface area contributed by atoms with Gasteiger partial charge in [-0.1, -0.05) is 0 Å². The smallest absolute Gasteiger partial charge is 0.220 e. The van der Waals surface area contributed by atoms with Crippen LogP contribution >= 0.6 is 0 Å². The van der Waals surface area contributed by atoms with Crippen molar-refractivity contribution in [3.8, 4) is 0 Å². The standard InChI is InChI=1S/C11H20N4O2/c12-11(15-4-6-17-7-5-15)13-8-9-2-1-3-10(16)14-9/h9H,1-8H2,(H2,12,13)(H,14,16). The first-order valence-electron chi connectivity index (χ1n) is 6.17. The molecular weight excluding hydrogens is 220 g/mol. The van der Waals surface area contributed by atoms with Crippen LogP contribution in [0.15, 0.2) is 4.99 Å². The second-order valence-electron chi connectivity index (χ2n) is 4.45. The van der Waals surface area contributed by atoms with Crippen LogP contribution in [0.25, 0.3) is 0 Å². The second kappa shape index (κ2) is 5.86. The van der Waals surface area contributed by atoms with Crippen LogP contribution in [0.2, 0.25) is 0 Å². The van der Waals surface area contributed by atoms with Gasteiger partial charge in [0.1, 0.15) is 0 Å². The van der Waals surface area contributed by atoms with Crippen molar-refractivity contribution >= 4 is 11.9 Å². The number of hydrogen-bond donors (Lipinski definition) is 2. The van der Waals surface area contributed by atoms with Gasteiger partial charge in [0.25, 0.3) is 0 Å². The highest BCUT2D eigenvalue weighted by molar-refractivity contribution is 5.79. The van der Waals surface area contributed by atoms with Crippen LogP contribution in [-0.2, 0) is 9.53 Å². The molecular formula is C11H20N4O2. The van der Waals surface area contributed by atoms with Gasteiger partial charge in [0.15, 0.2) is 5.96 Å². The van der Waals surface area contributed by atoms with Crippen LogP contribution in [0, 0.1) is 0 Å². The number of amides is 1. The zero-order valence-corrected chi connectivity index (χ0v) is 10.0. The average Bonchev–Trinajstić information content (AvgIpc) is 2.37. The molecule has 0 aromatic rings. The molecule has 0 spiro atoms. The van der Waals surface area contributed by atoms with Crippen molar-refractivity contribution in [3.63, 3.8) is 0 Å². The molecule has 0 radical (unpaired) electrons. The predicted octanol–water partition coefficient (Wildman–Crippen LogP) is -0.698. The number of rotatable bonds is 2. The number of aliphatic imine (C=N–C) groups is 1. The number of carbonyl (C=O) groups excluding carboxylic acids is 1. The lowest BCUT2D eigenvalue weighted by Gasteiger charge is -2.28.